The van der Waals surface area contributed by atoms with Gasteiger partial charge in [0, 0.05) is 10.6 Å². The van der Waals surface area contributed by atoms with Gasteiger partial charge in [-0.05, 0) is 29.8 Å². The van der Waals surface area contributed by atoms with Gasteiger partial charge in [0.1, 0.15) is 5.82 Å². The molecule has 2 aromatic rings. The number of halogens is 4. The Labute approximate surface area is 113 Å². The minimum atomic E-state index is -1.05. The molecule has 0 saturated heterocycles. The number of rotatable bonds is 3. The molecule has 0 heterocycles. The average Bonchev–Trinajstić information content (AvgIpc) is 2.39. The van der Waals surface area contributed by atoms with Crippen molar-refractivity contribution in [1.29, 1.82) is 0 Å². The normalized spacial score (nSPS) is 12.5. The molecule has 0 amide bonds. The first-order chi connectivity index (χ1) is 9.04. The summed E-state index contributed by atoms with van der Waals surface area (Å²) in [4.78, 5) is 0. The number of hydrogen-bond acceptors (Lipinski definition) is 2. The van der Waals surface area contributed by atoms with Crippen LogP contribution in [0.3, 0.4) is 0 Å². The van der Waals surface area contributed by atoms with Crippen molar-refractivity contribution in [2.24, 2.45) is 5.84 Å². The molecule has 2 rings (SSSR count). The van der Waals surface area contributed by atoms with Gasteiger partial charge in [-0.3, -0.25) is 5.84 Å². The molecule has 0 bridgehead atoms. The Hall–Kier alpha value is -1.56. The van der Waals surface area contributed by atoms with Gasteiger partial charge in [-0.25, -0.2) is 18.6 Å². The van der Waals surface area contributed by atoms with E-state index < -0.39 is 23.5 Å². The van der Waals surface area contributed by atoms with Crippen LogP contribution in [0.4, 0.5) is 13.2 Å². The van der Waals surface area contributed by atoms with E-state index in [4.69, 9.17) is 17.4 Å². The topological polar surface area (TPSA) is 38.0 Å². The molecule has 1 unspecified atom stereocenters. The first-order valence-corrected chi connectivity index (χ1v) is 5.77. The lowest BCUT2D eigenvalue weighted by molar-refractivity contribution is 0.482. The van der Waals surface area contributed by atoms with E-state index in [1.54, 1.807) is 0 Å². The van der Waals surface area contributed by atoms with Crippen molar-refractivity contribution in [1.82, 2.24) is 5.43 Å². The second-order valence-electron chi connectivity index (χ2n) is 3.91. The summed E-state index contributed by atoms with van der Waals surface area (Å²) in [6.45, 7) is 0. The molecular weight excluding hydrogens is 277 g/mol. The van der Waals surface area contributed by atoms with E-state index in [1.807, 2.05) is 0 Å². The van der Waals surface area contributed by atoms with Gasteiger partial charge in [0.15, 0.2) is 11.6 Å². The highest BCUT2D eigenvalue weighted by molar-refractivity contribution is 6.31. The minimum Gasteiger partial charge on any atom is -0.271 e. The number of hydrogen-bond donors (Lipinski definition) is 2. The third-order valence-electron chi connectivity index (χ3n) is 2.73. The van der Waals surface area contributed by atoms with Crippen LogP contribution >= 0.6 is 11.6 Å². The highest BCUT2D eigenvalue weighted by atomic mass is 35.5. The first kappa shape index (κ1) is 13.9. The van der Waals surface area contributed by atoms with Gasteiger partial charge in [0.05, 0.1) is 6.04 Å². The number of benzene rings is 2. The molecule has 0 aliphatic carbocycles. The molecule has 0 spiro atoms. The monoisotopic (exact) mass is 286 g/mol. The maximum absolute atomic E-state index is 13.7. The molecule has 1 atom stereocenters. The van der Waals surface area contributed by atoms with Crippen molar-refractivity contribution in [3.63, 3.8) is 0 Å². The average molecular weight is 287 g/mol. The summed E-state index contributed by atoms with van der Waals surface area (Å²) >= 11 is 5.93. The molecule has 0 aliphatic rings. The largest absolute Gasteiger partial charge is 0.271 e. The quantitative estimate of drug-likeness (QED) is 0.671. The lowest BCUT2D eigenvalue weighted by Crippen LogP contribution is -2.30. The molecule has 0 fully saturated rings. The summed E-state index contributed by atoms with van der Waals surface area (Å²) in [6.07, 6.45) is 0. The van der Waals surface area contributed by atoms with Crippen molar-refractivity contribution < 1.29 is 13.2 Å². The van der Waals surface area contributed by atoms with Crippen LogP contribution in [0.5, 0.6) is 0 Å². The Bertz CT molecular complexity index is 602. The zero-order valence-corrected chi connectivity index (χ0v) is 10.4. The Morgan fingerprint density at radius 1 is 1.05 bits per heavy atom. The lowest BCUT2D eigenvalue weighted by Gasteiger charge is -2.19. The van der Waals surface area contributed by atoms with Crippen LogP contribution < -0.4 is 11.3 Å². The molecule has 6 heteroatoms. The zero-order valence-electron chi connectivity index (χ0n) is 9.63. The van der Waals surface area contributed by atoms with E-state index in [2.05, 4.69) is 5.43 Å². The second kappa shape index (κ2) is 5.61. The summed E-state index contributed by atoms with van der Waals surface area (Å²) < 4.78 is 40.2. The van der Waals surface area contributed by atoms with Crippen molar-refractivity contribution in [2.75, 3.05) is 0 Å². The molecule has 3 N–H and O–H groups in total. The summed E-state index contributed by atoms with van der Waals surface area (Å²) in [7, 11) is 0. The van der Waals surface area contributed by atoms with Crippen LogP contribution in [0.15, 0.2) is 36.4 Å². The SMILES string of the molecule is NNC(c1cc(F)ccc1Cl)c1cccc(F)c1F. The van der Waals surface area contributed by atoms with Crippen molar-refractivity contribution in [3.05, 3.63) is 70.0 Å². The molecular formula is C13H10ClF3N2. The van der Waals surface area contributed by atoms with E-state index in [0.717, 1.165) is 12.1 Å². The molecule has 0 saturated carbocycles. The summed E-state index contributed by atoms with van der Waals surface area (Å²) in [5, 5.41) is 0.202. The summed E-state index contributed by atoms with van der Waals surface area (Å²) in [5.74, 6) is 2.75. The molecule has 100 valence electrons. The van der Waals surface area contributed by atoms with E-state index in [0.29, 0.717) is 0 Å². The van der Waals surface area contributed by atoms with Gasteiger partial charge in [-0.2, -0.15) is 0 Å². The number of hydrazine groups is 1. The van der Waals surface area contributed by atoms with Gasteiger partial charge in [-0.15, -0.1) is 0 Å². The minimum absolute atomic E-state index is 0.0463. The fraction of sp³-hybridized carbons (Fsp3) is 0.0769. The number of nitrogens with two attached hydrogens (primary N) is 1. The highest BCUT2D eigenvalue weighted by Crippen LogP contribution is 2.30. The first-order valence-electron chi connectivity index (χ1n) is 5.39. The van der Waals surface area contributed by atoms with Crippen LogP contribution in [0, 0.1) is 17.5 Å². The summed E-state index contributed by atoms with van der Waals surface area (Å²) in [6, 6.07) is 6.35. The van der Waals surface area contributed by atoms with E-state index in [-0.39, 0.29) is 16.1 Å². The van der Waals surface area contributed by atoms with Gasteiger partial charge in [-0.1, -0.05) is 23.7 Å². The third-order valence-corrected chi connectivity index (χ3v) is 3.07. The Morgan fingerprint density at radius 2 is 1.79 bits per heavy atom. The predicted molar refractivity (Wildman–Crippen MR) is 66.9 cm³/mol. The highest BCUT2D eigenvalue weighted by Gasteiger charge is 2.21. The van der Waals surface area contributed by atoms with Crippen LogP contribution in [0.1, 0.15) is 17.2 Å². The van der Waals surface area contributed by atoms with Crippen molar-refractivity contribution in [3.8, 4) is 0 Å². The fourth-order valence-electron chi connectivity index (χ4n) is 1.83. The van der Waals surface area contributed by atoms with E-state index >= 15 is 0 Å². The second-order valence-corrected chi connectivity index (χ2v) is 4.32. The smallest absolute Gasteiger partial charge is 0.163 e. The Morgan fingerprint density at radius 3 is 2.47 bits per heavy atom. The Kier molecular flexibility index (Phi) is 4.09. The standard InChI is InChI=1S/C13H10ClF3N2/c14-10-5-4-7(15)6-9(10)13(19-18)8-2-1-3-11(16)12(8)17/h1-6,13,19H,18H2. The lowest BCUT2D eigenvalue weighted by atomic mass is 9.98. The predicted octanol–water partition coefficient (Wildman–Crippen LogP) is 3.31. The van der Waals surface area contributed by atoms with E-state index in [9.17, 15) is 13.2 Å². The Balaban J connectivity index is 2.56. The molecule has 19 heavy (non-hydrogen) atoms. The molecule has 0 aliphatic heterocycles. The number of nitrogens with one attached hydrogen (secondary N) is 1. The molecule has 0 aromatic heterocycles. The zero-order chi connectivity index (χ0) is 14.0. The summed E-state index contributed by atoms with van der Waals surface area (Å²) in [5.41, 5.74) is 2.50. The van der Waals surface area contributed by atoms with Gasteiger partial charge in [0.25, 0.3) is 0 Å². The van der Waals surface area contributed by atoms with Crippen LogP contribution in [0.2, 0.25) is 5.02 Å². The van der Waals surface area contributed by atoms with Crippen molar-refractivity contribution in [2.45, 2.75) is 6.04 Å². The van der Waals surface area contributed by atoms with Crippen molar-refractivity contribution >= 4 is 11.6 Å². The third kappa shape index (κ3) is 2.73. The van der Waals surface area contributed by atoms with Crippen LogP contribution in [-0.2, 0) is 0 Å². The van der Waals surface area contributed by atoms with E-state index in [1.165, 1.54) is 24.3 Å². The maximum Gasteiger partial charge on any atom is 0.163 e. The molecule has 2 aromatic carbocycles. The van der Waals surface area contributed by atoms with Crippen LogP contribution in [-0.4, -0.2) is 0 Å². The molecule has 0 radical (unpaired) electrons. The maximum atomic E-state index is 13.7. The van der Waals surface area contributed by atoms with Crippen LogP contribution in [0.25, 0.3) is 0 Å². The van der Waals surface area contributed by atoms with Gasteiger partial charge in [0.2, 0.25) is 0 Å². The van der Waals surface area contributed by atoms with Gasteiger partial charge >= 0.3 is 0 Å². The fourth-order valence-corrected chi connectivity index (χ4v) is 2.05. The molecule has 2 nitrogen and oxygen atoms in total. The van der Waals surface area contributed by atoms with Gasteiger partial charge < -0.3 is 0 Å².